The zero-order valence-corrected chi connectivity index (χ0v) is 10.5. The monoisotopic (exact) mass is 239 g/mol. The van der Waals surface area contributed by atoms with Crippen molar-refractivity contribution in [2.75, 3.05) is 6.61 Å². The van der Waals surface area contributed by atoms with Gasteiger partial charge in [-0.3, -0.25) is 5.32 Å². The van der Waals surface area contributed by atoms with Crippen LogP contribution in [0.4, 0.5) is 0 Å². The number of halogens is 1. The Hall–Kier alpha value is -0.570. The summed E-state index contributed by atoms with van der Waals surface area (Å²) in [6.07, 6.45) is 1.21. The Morgan fingerprint density at radius 1 is 1.38 bits per heavy atom. The van der Waals surface area contributed by atoms with Crippen LogP contribution >= 0.6 is 11.6 Å². The molecule has 0 spiro atoms. The molecule has 1 saturated heterocycles. The molecule has 1 aliphatic rings. The molecular formula is C13H18ClNO. The maximum Gasteiger partial charge on any atom is 0.110 e. The predicted molar refractivity (Wildman–Crippen MR) is 66.7 cm³/mol. The maximum atomic E-state index is 5.85. The Bertz CT molecular complexity index is 336. The molecule has 1 N–H and O–H groups in total. The predicted octanol–water partition coefficient (Wildman–Crippen LogP) is 2.85. The molecule has 1 aliphatic heterocycles. The highest BCUT2D eigenvalue weighted by Crippen LogP contribution is 2.16. The van der Waals surface area contributed by atoms with Gasteiger partial charge in [0.1, 0.15) is 6.23 Å². The molecule has 1 aromatic rings. The van der Waals surface area contributed by atoms with Gasteiger partial charge in [0.05, 0.1) is 6.61 Å². The van der Waals surface area contributed by atoms with Gasteiger partial charge < -0.3 is 4.74 Å². The van der Waals surface area contributed by atoms with Gasteiger partial charge in [0.25, 0.3) is 0 Å². The van der Waals surface area contributed by atoms with Crippen LogP contribution in [0.25, 0.3) is 0 Å². The quantitative estimate of drug-likeness (QED) is 0.876. The molecule has 2 unspecified atom stereocenters. The van der Waals surface area contributed by atoms with Crippen molar-refractivity contribution >= 4 is 11.6 Å². The molecule has 2 nitrogen and oxygen atoms in total. The van der Waals surface area contributed by atoms with E-state index in [1.165, 1.54) is 5.56 Å². The summed E-state index contributed by atoms with van der Waals surface area (Å²) in [7, 11) is 0. The summed E-state index contributed by atoms with van der Waals surface area (Å²) >= 11 is 5.85. The van der Waals surface area contributed by atoms with Gasteiger partial charge in [-0.2, -0.15) is 0 Å². The standard InChI is InChI=1S/C13H18ClNO/c1-9(2)13-15-12(8-16-13)7-10-3-5-11(14)6-4-10/h3-6,9,12-13,15H,7-8H2,1-2H3. The van der Waals surface area contributed by atoms with Gasteiger partial charge in [-0.25, -0.2) is 0 Å². The first-order valence-corrected chi connectivity index (χ1v) is 6.15. The third-order valence-corrected chi connectivity index (χ3v) is 3.13. The molecule has 0 aromatic heterocycles. The van der Waals surface area contributed by atoms with Crippen LogP contribution in [0.3, 0.4) is 0 Å². The van der Waals surface area contributed by atoms with Crippen molar-refractivity contribution < 1.29 is 4.74 Å². The molecule has 2 rings (SSSR count). The Labute approximate surface area is 102 Å². The lowest BCUT2D eigenvalue weighted by atomic mass is 10.1. The molecule has 2 atom stereocenters. The van der Waals surface area contributed by atoms with Crippen molar-refractivity contribution in [1.82, 2.24) is 5.32 Å². The van der Waals surface area contributed by atoms with Crippen molar-refractivity contribution in [2.24, 2.45) is 5.92 Å². The summed E-state index contributed by atoms with van der Waals surface area (Å²) in [4.78, 5) is 0. The normalized spacial score (nSPS) is 25.2. The number of benzene rings is 1. The number of hydrogen-bond acceptors (Lipinski definition) is 2. The minimum atomic E-state index is 0.206. The Morgan fingerprint density at radius 2 is 2.06 bits per heavy atom. The van der Waals surface area contributed by atoms with Gasteiger partial charge in [-0.1, -0.05) is 37.6 Å². The van der Waals surface area contributed by atoms with E-state index in [9.17, 15) is 0 Å². The second kappa shape index (κ2) is 5.17. The fourth-order valence-corrected chi connectivity index (χ4v) is 2.08. The second-order valence-corrected chi connectivity index (χ2v) is 5.13. The highest BCUT2D eigenvalue weighted by atomic mass is 35.5. The van der Waals surface area contributed by atoms with E-state index >= 15 is 0 Å². The lowest BCUT2D eigenvalue weighted by molar-refractivity contribution is 0.0644. The van der Waals surface area contributed by atoms with Crippen molar-refractivity contribution in [3.8, 4) is 0 Å². The summed E-state index contributed by atoms with van der Waals surface area (Å²) in [5.41, 5.74) is 1.30. The molecule has 0 radical (unpaired) electrons. The van der Waals surface area contributed by atoms with E-state index in [0.717, 1.165) is 18.1 Å². The summed E-state index contributed by atoms with van der Waals surface area (Å²) in [5, 5.41) is 4.29. The molecule has 0 saturated carbocycles. The summed E-state index contributed by atoms with van der Waals surface area (Å²) < 4.78 is 5.69. The number of hydrogen-bond donors (Lipinski definition) is 1. The number of rotatable bonds is 3. The van der Waals surface area contributed by atoms with Gasteiger partial charge in [0.15, 0.2) is 0 Å². The summed E-state index contributed by atoms with van der Waals surface area (Å²) in [6.45, 7) is 5.14. The van der Waals surface area contributed by atoms with Crippen LogP contribution in [0.15, 0.2) is 24.3 Å². The summed E-state index contributed by atoms with van der Waals surface area (Å²) in [5.74, 6) is 0.523. The smallest absolute Gasteiger partial charge is 0.110 e. The second-order valence-electron chi connectivity index (χ2n) is 4.69. The van der Waals surface area contributed by atoms with Gasteiger partial charge in [-0.05, 0) is 30.0 Å². The maximum absolute atomic E-state index is 5.85. The molecule has 3 heteroatoms. The van der Waals surface area contributed by atoms with Crippen molar-refractivity contribution in [2.45, 2.75) is 32.5 Å². The van der Waals surface area contributed by atoms with Crippen LogP contribution in [0.1, 0.15) is 19.4 Å². The van der Waals surface area contributed by atoms with Crippen LogP contribution < -0.4 is 5.32 Å². The Morgan fingerprint density at radius 3 is 2.62 bits per heavy atom. The first-order chi connectivity index (χ1) is 7.65. The van der Waals surface area contributed by atoms with Gasteiger partial charge >= 0.3 is 0 Å². The lowest BCUT2D eigenvalue weighted by Crippen LogP contribution is -2.35. The molecular weight excluding hydrogens is 222 g/mol. The van der Waals surface area contributed by atoms with E-state index in [-0.39, 0.29) is 6.23 Å². The molecule has 0 amide bonds. The Kier molecular flexibility index (Phi) is 3.85. The van der Waals surface area contributed by atoms with Crippen LogP contribution in [0.5, 0.6) is 0 Å². The first kappa shape index (κ1) is 11.9. The SMILES string of the molecule is CC(C)C1NC(Cc2ccc(Cl)cc2)CO1. The first-order valence-electron chi connectivity index (χ1n) is 5.77. The molecule has 1 aromatic carbocycles. The molecule has 16 heavy (non-hydrogen) atoms. The van der Waals surface area contributed by atoms with Crippen LogP contribution in [0.2, 0.25) is 5.02 Å². The van der Waals surface area contributed by atoms with E-state index < -0.39 is 0 Å². The zero-order valence-electron chi connectivity index (χ0n) is 9.74. The van der Waals surface area contributed by atoms with Gasteiger partial charge in [-0.15, -0.1) is 0 Å². The van der Waals surface area contributed by atoms with E-state index in [1.54, 1.807) is 0 Å². The van der Waals surface area contributed by atoms with E-state index in [4.69, 9.17) is 16.3 Å². The molecule has 1 heterocycles. The van der Waals surface area contributed by atoms with E-state index in [2.05, 4.69) is 31.3 Å². The average Bonchev–Trinajstić information content (AvgIpc) is 2.70. The third kappa shape index (κ3) is 2.97. The topological polar surface area (TPSA) is 21.3 Å². The Balaban J connectivity index is 1.89. The van der Waals surface area contributed by atoms with Gasteiger partial charge in [0, 0.05) is 11.1 Å². The average molecular weight is 240 g/mol. The van der Waals surface area contributed by atoms with E-state index in [0.29, 0.717) is 12.0 Å². The molecule has 0 bridgehead atoms. The zero-order chi connectivity index (χ0) is 11.5. The highest BCUT2D eigenvalue weighted by molar-refractivity contribution is 6.30. The lowest BCUT2D eigenvalue weighted by Gasteiger charge is -2.15. The van der Waals surface area contributed by atoms with Crippen LogP contribution in [-0.2, 0) is 11.2 Å². The minimum Gasteiger partial charge on any atom is -0.361 e. The van der Waals surface area contributed by atoms with Crippen molar-refractivity contribution in [3.63, 3.8) is 0 Å². The fourth-order valence-electron chi connectivity index (χ4n) is 1.96. The van der Waals surface area contributed by atoms with Crippen molar-refractivity contribution in [3.05, 3.63) is 34.9 Å². The van der Waals surface area contributed by atoms with Gasteiger partial charge in [0.2, 0.25) is 0 Å². The number of nitrogens with one attached hydrogen (secondary N) is 1. The molecule has 88 valence electrons. The largest absolute Gasteiger partial charge is 0.361 e. The van der Waals surface area contributed by atoms with Crippen LogP contribution in [-0.4, -0.2) is 18.9 Å². The highest BCUT2D eigenvalue weighted by Gasteiger charge is 2.26. The van der Waals surface area contributed by atoms with Crippen LogP contribution in [0, 0.1) is 5.92 Å². The molecule has 0 aliphatic carbocycles. The van der Waals surface area contributed by atoms with Crippen molar-refractivity contribution in [1.29, 1.82) is 0 Å². The minimum absolute atomic E-state index is 0.206. The summed E-state index contributed by atoms with van der Waals surface area (Å²) in [6, 6.07) is 8.45. The third-order valence-electron chi connectivity index (χ3n) is 2.88. The molecule has 1 fully saturated rings. The fraction of sp³-hybridized carbons (Fsp3) is 0.538. The van der Waals surface area contributed by atoms with E-state index in [1.807, 2.05) is 12.1 Å². The number of ether oxygens (including phenoxy) is 1.